The number of rotatable bonds is 4. The predicted molar refractivity (Wildman–Crippen MR) is 70.3 cm³/mol. The van der Waals surface area contributed by atoms with Crippen molar-refractivity contribution in [2.24, 2.45) is 5.92 Å². The zero-order valence-electron chi connectivity index (χ0n) is 11.4. The second kappa shape index (κ2) is 5.17. The van der Waals surface area contributed by atoms with Gasteiger partial charge in [-0.1, -0.05) is 19.0 Å². The van der Waals surface area contributed by atoms with Gasteiger partial charge in [0.2, 0.25) is 11.7 Å². The lowest BCUT2D eigenvalue weighted by atomic mass is 10.0. The molecule has 19 heavy (non-hydrogen) atoms. The fourth-order valence-corrected chi connectivity index (χ4v) is 2.80. The van der Waals surface area contributed by atoms with Crippen LogP contribution in [0, 0.1) is 5.92 Å². The molecule has 0 spiro atoms. The minimum absolute atomic E-state index is 0.601. The van der Waals surface area contributed by atoms with E-state index in [4.69, 9.17) is 8.94 Å². The fourth-order valence-electron chi connectivity index (χ4n) is 2.80. The van der Waals surface area contributed by atoms with Crippen molar-refractivity contribution in [3.05, 3.63) is 24.5 Å². The highest BCUT2D eigenvalue weighted by Crippen LogP contribution is 2.25. The van der Waals surface area contributed by atoms with Crippen LogP contribution < -0.4 is 0 Å². The molecule has 1 saturated heterocycles. The van der Waals surface area contributed by atoms with E-state index in [0.29, 0.717) is 23.7 Å². The van der Waals surface area contributed by atoms with E-state index < -0.39 is 0 Å². The van der Waals surface area contributed by atoms with E-state index in [1.54, 1.807) is 12.5 Å². The lowest BCUT2D eigenvalue weighted by Crippen LogP contribution is -2.32. The monoisotopic (exact) mass is 261 g/mol. The van der Waals surface area contributed by atoms with Crippen LogP contribution in [0.4, 0.5) is 0 Å². The summed E-state index contributed by atoms with van der Waals surface area (Å²) in [6.07, 6.45) is 5.76. The predicted octanol–water partition coefficient (Wildman–Crippen LogP) is 2.95. The van der Waals surface area contributed by atoms with Crippen LogP contribution in [0.5, 0.6) is 0 Å². The average Bonchev–Trinajstić information content (AvgIpc) is 3.09. The Labute approximate surface area is 112 Å². The van der Waals surface area contributed by atoms with E-state index in [0.717, 1.165) is 18.7 Å². The second-order valence-corrected chi connectivity index (χ2v) is 5.45. The van der Waals surface area contributed by atoms with Gasteiger partial charge < -0.3 is 8.94 Å². The molecule has 0 aliphatic carbocycles. The molecule has 2 aromatic rings. The topological polar surface area (TPSA) is 55.3 Å². The molecule has 1 fully saturated rings. The van der Waals surface area contributed by atoms with Crippen LogP contribution >= 0.6 is 0 Å². The Kier molecular flexibility index (Phi) is 3.38. The Morgan fingerprint density at radius 3 is 3.11 bits per heavy atom. The summed E-state index contributed by atoms with van der Waals surface area (Å²) in [5.74, 6) is 1.95. The summed E-state index contributed by atoms with van der Waals surface area (Å²) in [5.41, 5.74) is 0.858. The lowest BCUT2D eigenvalue weighted by molar-refractivity contribution is 0.175. The highest BCUT2D eigenvalue weighted by Gasteiger charge is 2.28. The van der Waals surface area contributed by atoms with Crippen LogP contribution in [0.1, 0.15) is 32.6 Å². The molecule has 0 bridgehead atoms. The van der Waals surface area contributed by atoms with Crippen molar-refractivity contribution in [3.63, 3.8) is 0 Å². The second-order valence-electron chi connectivity index (χ2n) is 5.45. The molecule has 1 unspecified atom stereocenters. The van der Waals surface area contributed by atoms with Crippen LogP contribution in [0.3, 0.4) is 0 Å². The van der Waals surface area contributed by atoms with Gasteiger partial charge in [0.25, 0.3) is 0 Å². The minimum Gasteiger partial charge on any atom is -0.472 e. The van der Waals surface area contributed by atoms with E-state index in [2.05, 4.69) is 28.9 Å². The van der Waals surface area contributed by atoms with Gasteiger partial charge in [-0.15, -0.1) is 0 Å². The maximum Gasteiger partial charge on any atom is 0.241 e. The van der Waals surface area contributed by atoms with Crippen LogP contribution in [0.15, 0.2) is 27.5 Å². The van der Waals surface area contributed by atoms with Crippen LogP contribution in [-0.4, -0.2) is 27.6 Å². The third-order valence-corrected chi connectivity index (χ3v) is 3.77. The van der Waals surface area contributed by atoms with Crippen molar-refractivity contribution >= 4 is 0 Å². The van der Waals surface area contributed by atoms with Crippen molar-refractivity contribution in [2.45, 2.75) is 39.3 Å². The van der Waals surface area contributed by atoms with Crippen molar-refractivity contribution in [1.29, 1.82) is 0 Å². The first-order valence-corrected chi connectivity index (χ1v) is 6.83. The van der Waals surface area contributed by atoms with Gasteiger partial charge in [-0.2, -0.15) is 4.98 Å². The summed E-state index contributed by atoms with van der Waals surface area (Å²) in [6, 6.07) is 2.46. The molecule has 2 aromatic heterocycles. The molecule has 3 heterocycles. The molecule has 0 amide bonds. The largest absolute Gasteiger partial charge is 0.472 e. The number of furan rings is 1. The molecule has 1 atom stereocenters. The smallest absolute Gasteiger partial charge is 0.241 e. The molecule has 102 valence electrons. The molecule has 0 saturated carbocycles. The van der Waals surface area contributed by atoms with Crippen LogP contribution in [0.25, 0.3) is 11.4 Å². The third kappa shape index (κ3) is 2.56. The molecule has 0 aromatic carbocycles. The number of nitrogens with zero attached hydrogens (tertiary/aromatic N) is 3. The molecule has 1 aliphatic rings. The molecule has 1 aliphatic heterocycles. The summed E-state index contributed by atoms with van der Waals surface area (Å²) in [5, 5.41) is 4.00. The first kappa shape index (κ1) is 12.4. The molecule has 0 N–H and O–H groups in total. The number of aromatic nitrogens is 2. The van der Waals surface area contributed by atoms with Crippen molar-refractivity contribution in [3.8, 4) is 11.4 Å². The van der Waals surface area contributed by atoms with E-state index in [1.165, 1.54) is 12.8 Å². The molecule has 3 rings (SSSR count). The fraction of sp³-hybridized carbons (Fsp3) is 0.571. The van der Waals surface area contributed by atoms with E-state index in [9.17, 15) is 0 Å². The van der Waals surface area contributed by atoms with E-state index in [-0.39, 0.29) is 0 Å². The van der Waals surface area contributed by atoms with E-state index >= 15 is 0 Å². The first-order valence-electron chi connectivity index (χ1n) is 6.83. The van der Waals surface area contributed by atoms with Crippen LogP contribution in [-0.2, 0) is 6.54 Å². The van der Waals surface area contributed by atoms with Gasteiger partial charge in [0, 0.05) is 6.04 Å². The molecule has 5 nitrogen and oxygen atoms in total. The maximum absolute atomic E-state index is 5.33. The van der Waals surface area contributed by atoms with Gasteiger partial charge in [-0.3, -0.25) is 4.90 Å². The summed E-state index contributed by atoms with van der Waals surface area (Å²) < 4.78 is 10.4. The van der Waals surface area contributed by atoms with Crippen LogP contribution in [0.2, 0.25) is 0 Å². The van der Waals surface area contributed by atoms with Gasteiger partial charge in [-0.05, 0) is 31.4 Å². The first-order chi connectivity index (χ1) is 9.24. The molecular weight excluding hydrogens is 242 g/mol. The highest BCUT2D eigenvalue weighted by molar-refractivity contribution is 5.51. The molecule has 0 radical (unpaired) electrons. The maximum atomic E-state index is 5.33. The standard InChI is InChI=1S/C14H19N3O2/c1-10(2)12-4-3-6-17(12)8-13-15-14(16-19-13)11-5-7-18-9-11/h5,7,9-10,12H,3-4,6,8H2,1-2H3. The summed E-state index contributed by atoms with van der Waals surface area (Å²) in [7, 11) is 0. The van der Waals surface area contributed by atoms with Gasteiger partial charge in [-0.25, -0.2) is 0 Å². The zero-order chi connectivity index (χ0) is 13.2. The molecule has 5 heteroatoms. The average molecular weight is 261 g/mol. The van der Waals surface area contributed by atoms with E-state index in [1.807, 2.05) is 6.07 Å². The van der Waals surface area contributed by atoms with Crippen molar-refractivity contribution in [2.75, 3.05) is 6.54 Å². The Hall–Kier alpha value is -1.62. The normalized spacial score (nSPS) is 20.5. The number of likely N-dealkylation sites (tertiary alicyclic amines) is 1. The van der Waals surface area contributed by atoms with Gasteiger partial charge in [0.05, 0.1) is 18.4 Å². The van der Waals surface area contributed by atoms with Crippen molar-refractivity contribution < 1.29 is 8.94 Å². The van der Waals surface area contributed by atoms with Crippen molar-refractivity contribution in [1.82, 2.24) is 15.0 Å². The van der Waals surface area contributed by atoms with Gasteiger partial charge in [0.15, 0.2) is 0 Å². The third-order valence-electron chi connectivity index (χ3n) is 3.77. The van der Waals surface area contributed by atoms with Gasteiger partial charge in [0.1, 0.15) is 6.26 Å². The zero-order valence-corrected chi connectivity index (χ0v) is 11.4. The Balaban J connectivity index is 1.70. The highest BCUT2D eigenvalue weighted by atomic mass is 16.5. The Morgan fingerprint density at radius 2 is 2.37 bits per heavy atom. The van der Waals surface area contributed by atoms with Gasteiger partial charge >= 0.3 is 0 Å². The summed E-state index contributed by atoms with van der Waals surface area (Å²) in [6.45, 7) is 6.40. The number of hydrogen-bond donors (Lipinski definition) is 0. The minimum atomic E-state index is 0.601. The quantitative estimate of drug-likeness (QED) is 0.847. The number of hydrogen-bond acceptors (Lipinski definition) is 5. The lowest BCUT2D eigenvalue weighted by Gasteiger charge is -2.25. The Bertz CT molecular complexity index is 519. The summed E-state index contributed by atoms with van der Waals surface area (Å²) >= 11 is 0. The molecular formula is C14H19N3O2. The summed E-state index contributed by atoms with van der Waals surface area (Å²) in [4.78, 5) is 6.87. The SMILES string of the molecule is CC(C)C1CCCN1Cc1nc(-c2ccoc2)no1. The Morgan fingerprint density at radius 1 is 1.47 bits per heavy atom.